The van der Waals surface area contributed by atoms with Gasteiger partial charge in [0.05, 0.1) is 13.0 Å². The van der Waals surface area contributed by atoms with Gasteiger partial charge < -0.3 is 10.2 Å². The second-order valence-electron chi connectivity index (χ2n) is 5.41. The quantitative estimate of drug-likeness (QED) is 0.890. The van der Waals surface area contributed by atoms with E-state index in [-0.39, 0.29) is 18.4 Å². The van der Waals surface area contributed by atoms with Crippen molar-refractivity contribution in [3.63, 3.8) is 0 Å². The minimum atomic E-state index is -0.115. The zero-order chi connectivity index (χ0) is 15.9. The van der Waals surface area contributed by atoms with Crippen LogP contribution in [0.15, 0.2) is 42.5 Å². The number of fused-ring (bicyclic) bond motifs is 1. The number of amides is 2. The summed E-state index contributed by atoms with van der Waals surface area (Å²) < 4.78 is 0. The summed E-state index contributed by atoms with van der Waals surface area (Å²) in [4.78, 5) is 25.5. The largest absolute Gasteiger partial charge is 0.355 e. The minimum Gasteiger partial charge on any atom is -0.355 e. The number of rotatable bonds is 6. The molecule has 0 fully saturated rings. The monoisotopic (exact) mass is 298 g/mol. The van der Waals surface area contributed by atoms with Crippen molar-refractivity contribution in [1.29, 1.82) is 0 Å². The molecule has 0 aliphatic heterocycles. The molecular formula is C18H22N2O2. The van der Waals surface area contributed by atoms with Gasteiger partial charge in [0.2, 0.25) is 11.8 Å². The highest BCUT2D eigenvalue weighted by Gasteiger charge is 2.14. The maximum Gasteiger partial charge on any atom is 0.239 e. The molecule has 0 saturated carbocycles. The van der Waals surface area contributed by atoms with Gasteiger partial charge in [-0.2, -0.15) is 0 Å². The van der Waals surface area contributed by atoms with Crippen LogP contribution in [-0.4, -0.2) is 36.9 Å². The van der Waals surface area contributed by atoms with Crippen molar-refractivity contribution in [3.8, 4) is 0 Å². The van der Waals surface area contributed by atoms with E-state index in [1.165, 1.54) is 4.90 Å². The first-order valence-corrected chi connectivity index (χ1v) is 7.59. The third kappa shape index (κ3) is 4.07. The Morgan fingerprint density at radius 1 is 1.09 bits per heavy atom. The van der Waals surface area contributed by atoms with Crippen molar-refractivity contribution >= 4 is 22.6 Å². The predicted molar refractivity (Wildman–Crippen MR) is 88.6 cm³/mol. The number of likely N-dealkylation sites (N-methyl/N-ethyl adjacent to an activating group) is 1. The number of nitrogens with one attached hydrogen (secondary N) is 1. The minimum absolute atomic E-state index is 0.0528. The van der Waals surface area contributed by atoms with Crippen LogP contribution in [0.2, 0.25) is 0 Å². The molecule has 2 amide bonds. The van der Waals surface area contributed by atoms with Gasteiger partial charge >= 0.3 is 0 Å². The molecule has 0 aromatic heterocycles. The Morgan fingerprint density at radius 2 is 1.82 bits per heavy atom. The van der Waals surface area contributed by atoms with Crippen molar-refractivity contribution < 1.29 is 9.59 Å². The molecule has 116 valence electrons. The zero-order valence-electron chi connectivity index (χ0n) is 13.1. The van der Waals surface area contributed by atoms with Gasteiger partial charge in [0.1, 0.15) is 0 Å². The van der Waals surface area contributed by atoms with Crippen molar-refractivity contribution in [1.82, 2.24) is 10.2 Å². The molecule has 4 nitrogen and oxygen atoms in total. The standard InChI is InChI=1S/C18H22N2O2/c1-3-11-19-17(21)13-20(2)18(22)12-15-9-6-8-14-7-4-5-10-16(14)15/h4-10H,3,11-13H2,1-2H3,(H,19,21). The molecule has 4 heteroatoms. The Labute approximate surface area is 131 Å². The van der Waals surface area contributed by atoms with Gasteiger partial charge in [-0.1, -0.05) is 49.4 Å². The Kier molecular flexibility index (Phi) is 5.53. The summed E-state index contributed by atoms with van der Waals surface area (Å²) in [5, 5.41) is 4.99. The smallest absolute Gasteiger partial charge is 0.239 e. The van der Waals surface area contributed by atoms with E-state index in [0.717, 1.165) is 22.8 Å². The van der Waals surface area contributed by atoms with Crippen LogP contribution in [-0.2, 0) is 16.0 Å². The molecule has 2 rings (SSSR count). The van der Waals surface area contributed by atoms with Crippen LogP contribution in [0.3, 0.4) is 0 Å². The maximum atomic E-state index is 12.3. The van der Waals surface area contributed by atoms with Crippen LogP contribution in [0, 0.1) is 0 Å². The lowest BCUT2D eigenvalue weighted by Crippen LogP contribution is -2.39. The van der Waals surface area contributed by atoms with Crippen LogP contribution in [0.5, 0.6) is 0 Å². The van der Waals surface area contributed by atoms with Crippen LogP contribution in [0.1, 0.15) is 18.9 Å². The number of carbonyl (C=O) groups excluding carboxylic acids is 2. The summed E-state index contributed by atoms with van der Waals surface area (Å²) in [6.07, 6.45) is 1.19. The van der Waals surface area contributed by atoms with E-state index >= 15 is 0 Å². The summed E-state index contributed by atoms with van der Waals surface area (Å²) in [7, 11) is 1.67. The maximum absolute atomic E-state index is 12.3. The summed E-state index contributed by atoms with van der Waals surface area (Å²) in [5.41, 5.74) is 0.990. The molecule has 0 unspecified atom stereocenters. The van der Waals surface area contributed by atoms with Crippen molar-refractivity contribution in [2.75, 3.05) is 20.1 Å². The van der Waals surface area contributed by atoms with Gasteiger partial charge in [0.15, 0.2) is 0 Å². The SMILES string of the molecule is CCCNC(=O)CN(C)C(=O)Cc1cccc2ccccc12. The van der Waals surface area contributed by atoms with Crippen LogP contribution in [0.25, 0.3) is 10.8 Å². The van der Waals surface area contributed by atoms with Gasteiger partial charge in [-0.3, -0.25) is 9.59 Å². The fraction of sp³-hybridized carbons (Fsp3) is 0.333. The molecule has 0 saturated heterocycles. The van der Waals surface area contributed by atoms with E-state index < -0.39 is 0 Å². The first-order chi connectivity index (χ1) is 10.6. The Hall–Kier alpha value is -2.36. The zero-order valence-corrected chi connectivity index (χ0v) is 13.1. The summed E-state index contributed by atoms with van der Waals surface area (Å²) in [6.45, 7) is 2.74. The number of benzene rings is 2. The number of nitrogens with zero attached hydrogens (tertiary/aromatic N) is 1. The fourth-order valence-electron chi connectivity index (χ4n) is 2.37. The van der Waals surface area contributed by atoms with E-state index in [1.54, 1.807) is 7.05 Å². The average molecular weight is 298 g/mol. The van der Waals surface area contributed by atoms with Crippen LogP contribution >= 0.6 is 0 Å². The third-order valence-electron chi connectivity index (χ3n) is 3.60. The fourth-order valence-corrected chi connectivity index (χ4v) is 2.37. The topological polar surface area (TPSA) is 49.4 Å². The molecule has 22 heavy (non-hydrogen) atoms. The van der Waals surface area contributed by atoms with Crippen molar-refractivity contribution in [2.45, 2.75) is 19.8 Å². The molecule has 2 aromatic carbocycles. The molecule has 2 aromatic rings. The van der Waals surface area contributed by atoms with Crippen molar-refractivity contribution in [3.05, 3.63) is 48.0 Å². The Balaban J connectivity index is 2.03. The molecule has 0 radical (unpaired) electrons. The lowest BCUT2D eigenvalue weighted by molar-refractivity contribution is -0.134. The van der Waals surface area contributed by atoms with Gasteiger partial charge in [0.25, 0.3) is 0 Å². The van der Waals surface area contributed by atoms with Gasteiger partial charge in [0, 0.05) is 13.6 Å². The normalized spacial score (nSPS) is 10.5. The first-order valence-electron chi connectivity index (χ1n) is 7.59. The van der Waals surface area contributed by atoms with Crippen LogP contribution < -0.4 is 5.32 Å². The van der Waals surface area contributed by atoms with E-state index in [1.807, 2.05) is 49.4 Å². The molecule has 0 atom stereocenters. The number of carbonyl (C=O) groups is 2. The van der Waals surface area contributed by atoms with Gasteiger partial charge in [-0.05, 0) is 22.8 Å². The molecule has 1 N–H and O–H groups in total. The highest BCUT2D eigenvalue weighted by Crippen LogP contribution is 2.19. The van der Waals surface area contributed by atoms with Gasteiger partial charge in [-0.15, -0.1) is 0 Å². The first kappa shape index (κ1) is 16.0. The second kappa shape index (κ2) is 7.59. The molecule has 0 spiro atoms. The summed E-state index contributed by atoms with van der Waals surface area (Å²) >= 11 is 0. The van der Waals surface area contributed by atoms with E-state index in [4.69, 9.17) is 0 Å². The lowest BCUT2D eigenvalue weighted by Gasteiger charge is -2.17. The summed E-state index contributed by atoms with van der Waals surface area (Å²) in [6, 6.07) is 14.0. The second-order valence-corrected chi connectivity index (χ2v) is 5.41. The third-order valence-corrected chi connectivity index (χ3v) is 3.60. The predicted octanol–water partition coefficient (Wildman–Crippen LogP) is 2.37. The molecular weight excluding hydrogens is 276 g/mol. The Morgan fingerprint density at radius 3 is 2.59 bits per heavy atom. The molecule has 0 aliphatic carbocycles. The molecule has 0 heterocycles. The number of hydrogen-bond donors (Lipinski definition) is 1. The van der Waals surface area contributed by atoms with Gasteiger partial charge in [-0.25, -0.2) is 0 Å². The van der Waals surface area contributed by atoms with E-state index in [2.05, 4.69) is 5.32 Å². The Bertz CT molecular complexity index is 662. The highest BCUT2D eigenvalue weighted by molar-refractivity contribution is 5.91. The molecule has 0 bridgehead atoms. The lowest BCUT2D eigenvalue weighted by atomic mass is 10.0. The van der Waals surface area contributed by atoms with E-state index in [0.29, 0.717) is 13.0 Å². The number of hydrogen-bond acceptors (Lipinski definition) is 2. The average Bonchev–Trinajstić information content (AvgIpc) is 2.53. The van der Waals surface area contributed by atoms with E-state index in [9.17, 15) is 9.59 Å². The summed E-state index contributed by atoms with van der Waals surface area (Å²) in [5.74, 6) is -0.168. The van der Waals surface area contributed by atoms with Crippen molar-refractivity contribution in [2.24, 2.45) is 0 Å². The highest BCUT2D eigenvalue weighted by atomic mass is 16.2. The van der Waals surface area contributed by atoms with Crippen LogP contribution in [0.4, 0.5) is 0 Å². The molecule has 0 aliphatic rings.